The van der Waals surface area contributed by atoms with Crippen LogP contribution < -0.4 is 21.1 Å². The number of likely N-dealkylation sites (tertiary alicyclic amines) is 1. The summed E-state index contributed by atoms with van der Waals surface area (Å²) in [4.78, 5) is 34.9. The second kappa shape index (κ2) is 13.7. The van der Waals surface area contributed by atoms with E-state index in [4.69, 9.17) is 15.6 Å². The molecule has 46 heavy (non-hydrogen) atoms. The van der Waals surface area contributed by atoms with Crippen LogP contribution in [-0.2, 0) is 9.59 Å². The molecule has 0 bridgehead atoms. The average molecular weight is 626 g/mol. The largest absolute Gasteiger partial charge is 0.457 e. The molecule has 0 unspecified atom stereocenters. The lowest BCUT2D eigenvalue weighted by molar-refractivity contribution is -0.128. The number of nitriles is 1. The number of nitrogens with zero attached hydrogens (tertiary/aromatic N) is 6. The molecule has 2 aromatic carbocycles. The topological polar surface area (TPSA) is 164 Å². The van der Waals surface area contributed by atoms with E-state index >= 15 is 4.39 Å². The van der Waals surface area contributed by atoms with Crippen LogP contribution in [0.1, 0.15) is 39.7 Å². The summed E-state index contributed by atoms with van der Waals surface area (Å²) in [6.45, 7) is 6.75. The van der Waals surface area contributed by atoms with Gasteiger partial charge in [-0.05, 0) is 57.0 Å². The van der Waals surface area contributed by atoms with Crippen LogP contribution in [0.25, 0.3) is 22.3 Å². The first-order valence-corrected chi connectivity index (χ1v) is 15.0. The fourth-order valence-electron chi connectivity index (χ4n) is 5.50. The molecule has 1 saturated heterocycles. The predicted molar refractivity (Wildman–Crippen MR) is 171 cm³/mol. The van der Waals surface area contributed by atoms with E-state index in [1.165, 1.54) is 19.3 Å². The molecule has 13 heteroatoms. The molecular formula is C33H36FN9O3. The highest BCUT2D eigenvalue weighted by atomic mass is 19.1. The van der Waals surface area contributed by atoms with E-state index < -0.39 is 17.3 Å². The first-order valence-electron chi connectivity index (χ1n) is 15.0. The SMILES string of the molecule is CC(=O)NCCNC(C)(C)/C=C(\C#N)C(=O)N1CCC[C@@H](n2nc(-c3ccc(Oc4ccccc4)cc3F)c3c(N)ncnc32)C1. The summed E-state index contributed by atoms with van der Waals surface area (Å²) in [5.74, 6) is -0.0214. The molecule has 2 aromatic heterocycles. The van der Waals surface area contributed by atoms with Crippen molar-refractivity contribution in [2.24, 2.45) is 0 Å². The zero-order valence-electron chi connectivity index (χ0n) is 26.0. The number of anilines is 1. The van der Waals surface area contributed by atoms with Gasteiger partial charge in [-0.25, -0.2) is 19.0 Å². The zero-order valence-corrected chi connectivity index (χ0v) is 26.0. The minimum absolute atomic E-state index is 0.00939. The molecule has 4 aromatic rings. The number of fused-ring (bicyclic) bond motifs is 1. The maximum Gasteiger partial charge on any atom is 0.264 e. The Balaban J connectivity index is 1.39. The van der Waals surface area contributed by atoms with Crippen LogP contribution in [0.5, 0.6) is 11.5 Å². The van der Waals surface area contributed by atoms with Crippen molar-refractivity contribution < 1.29 is 18.7 Å². The van der Waals surface area contributed by atoms with E-state index in [1.54, 1.807) is 39.9 Å². The van der Waals surface area contributed by atoms with Gasteiger partial charge in [-0.15, -0.1) is 0 Å². The summed E-state index contributed by atoms with van der Waals surface area (Å²) in [5, 5.41) is 21.1. The molecule has 238 valence electrons. The maximum absolute atomic E-state index is 15.6. The minimum atomic E-state index is -0.679. The Kier molecular flexibility index (Phi) is 9.58. The van der Waals surface area contributed by atoms with Gasteiger partial charge in [0.05, 0.1) is 11.4 Å². The number of para-hydroxylation sites is 1. The van der Waals surface area contributed by atoms with Gasteiger partial charge in [0.1, 0.15) is 46.8 Å². The van der Waals surface area contributed by atoms with Crippen molar-refractivity contribution in [3.8, 4) is 28.8 Å². The average Bonchev–Trinajstić information content (AvgIpc) is 3.43. The van der Waals surface area contributed by atoms with Gasteiger partial charge < -0.3 is 26.0 Å². The number of ether oxygens (including phenoxy) is 1. The first kappa shape index (κ1) is 32.1. The van der Waals surface area contributed by atoms with Gasteiger partial charge in [0.15, 0.2) is 5.65 Å². The standard InChI is InChI=1S/C33H36FN9O3/c1-21(44)37-13-14-40-33(2,3)17-22(18-35)32(45)42-15-7-8-23(19-42)43-31-28(30(36)38-20-39-31)29(41-43)26-12-11-25(16-27(26)34)46-24-9-5-4-6-10-24/h4-6,9-12,16-17,20,23,40H,7-8,13-15,19H2,1-3H3,(H,37,44)(H2,36,38,39)/b22-17+/t23-/m1/s1. The number of halogens is 1. The molecule has 1 aliphatic rings. The van der Waals surface area contributed by atoms with Crippen molar-refractivity contribution in [1.82, 2.24) is 35.3 Å². The lowest BCUT2D eigenvalue weighted by Gasteiger charge is -2.33. The summed E-state index contributed by atoms with van der Waals surface area (Å²) in [7, 11) is 0. The van der Waals surface area contributed by atoms with Crippen molar-refractivity contribution in [3.05, 3.63) is 72.3 Å². The predicted octanol–water partition coefficient (Wildman–Crippen LogP) is 4.12. The lowest BCUT2D eigenvalue weighted by atomic mass is 9.99. The Morgan fingerprint density at radius 1 is 1.17 bits per heavy atom. The van der Waals surface area contributed by atoms with Crippen molar-refractivity contribution in [2.45, 2.75) is 45.2 Å². The van der Waals surface area contributed by atoms with Crippen molar-refractivity contribution >= 4 is 28.7 Å². The van der Waals surface area contributed by atoms with Crippen LogP contribution in [0.3, 0.4) is 0 Å². The molecule has 4 N–H and O–H groups in total. The third-order valence-corrected chi connectivity index (χ3v) is 7.66. The Labute approximate surface area is 266 Å². The monoisotopic (exact) mass is 625 g/mol. The van der Waals surface area contributed by atoms with Crippen molar-refractivity contribution in [3.63, 3.8) is 0 Å². The third-order valence-electron chi connectivity index (χ3n) is 7.66. The fourth-order valence-corrected chi connectivity index (χ4v) is 5.50. The van der Waals surface area contributed by atoms with Crippen LogP contribution in [0.15, 0.2) is 66.5 Å². The Bertz CT molecular complexity index is 1810. The molecule has 3 heterocycles. The number of hydrogen-bond acceptors (Lipinski definition) is 9. The number of nitrogens with two attached hydrogens (primary N) is 1. The Hall–Kier alpha value is -5.35. The normalized spacial score (nSPS) is 15.4. The molecule has 5 rings (SSSR count). The number of amides is 2. The van der Waals surface area contributed by atoms with Gasteiger partial charge in [0.25, 0.3) is 5.91 Å². The molecule has 0 radical (unpaired) electrons. The van der Waals surface area contributed by atoms with Crippen LogP contribution in [0.2, 0.25) is 0 Å². The van der Waals surface area contributed by atoms with Gasteiger partial charge in [0.2, 0.25) is 5.91 Å². The van der Waals surface area contributed by atoms with Gasteiger partial charge in [-0.3, -0.25) is 9.59 Å². The molecule has 0 saturated carbocycles. The summed E-state index contributed by atoms with van der Waals surface area (Å²) in [6.07, 6.45) is 4.27. The quantitative estimate of drug-likeness (QED) is 0.134. The summed E-state index contributed by atoms with van der Waals surface area (Å²) < 4.78 is 23.1. The number of piperidine rings is 1. The van der Waals surface area contributed by atoms with E-state index in [1.807, 2.05) is 32.0 Å². The second-order valence-corrected chi connectivity index (χ2v) is 11.7. The fraction of sp³-hybridized carbons (Fsp3) is 0.333. The minimum Gasteiger partial charge on any atom is -0.457 e. The number of benzene rings is 2. The van der Waals surface area contributed by atoms with Crippen LogP contribution in [0.4, 0.5) is 10.2 Å². The van der Waals surface area contributed by atoms with Crippen LogP contribution in [0, 0.1) is 17.1 Å². The molecule has 1 aliphatic heterocycles. The number of aromatic nitrogens is 4. The van der Waals surface area contributed by atoms with E-state index in [9.17, 15) is 14.9 Å². The summed E-state index contributed by atoms with van der Waals surface area (Å²) in [6, 6.07) is 15.4. The zero-order chi connectivity index (χ0) is 32.8. The Morgan fingerprint density at radius 2 is 1.96 bits per heavy atom. The van der Waals surface area contributed by atoms with Crippen molar-refractivity contribution in [2.75, 3.05) is 31.9 Å². The van der Waals surface area contributed by atoms with E-state index in [0.717, 1.165) is 0 Å². The molecule has 0 aliphatic carbocycles. The number of nitrogens with one attached hydrogen (secondary N) is 2. The van der Waals surface area contributed by atoms with Gasteiger partial charge in [-0.2, -0.15) is 10.4 Å². The van der Waals surface area contributed by atoms with Crippen molar-refractivity contribution in [1.29, 1.82) is 5.26 Å². The lowest BCUT2D eigenvalue weighted by Crippen LogP contribution is -2.44. The highest BCUT2D eigenvalue weighted by molar-refractivity contribution is 5.99. The number of rotatable bonds is 10. The highest BCUT2D eigenvalue weighted by Crippen LogP contribution is 2.36. The van der Waals surface area contributed by atoms with Gasteiger partial charge >= 0.3 is 0 Å². The number of carbonyl (C=O) groups is 2. The Morgan fingerprint density at radius 3 is 2.67 bits per heavy atom. The molecule has 12 nitrogen and oxygen atoms in total. The molecule has 0 spiro atoms. The van der Waals surface area contributed by atoms with E-state index in [-0.39, 0.29) is 41.1 Å². The number of nitrogen functional groups attached to an aromatic ring is 1. The maximum atomic E-state index is 15.6. The van der Waals surface area contributed by atoms with Crippen LogP contribution in [-0.4, -0.2) is 68.2 Å². The third kappa shape index (κ3) is 7.30. The van der Waals surface area contributed by atoms with Gasteiger partial charge in [-0.1, -0.05) is 18.2 Å². The highest BCUT2D eigenvalue weighted by Gasteiger charge is 2.31. The first-order chi connectivity index (χ1) is 22.1. The summed E-state index contributed by atoms with van der Waals surface area (Å²) >= 11 is 0. The molecule has 2 amide bonds. The number of carbonyl (C=O) groups excluding carboxylic acids is 2. The number of hydrogen-bond donors (Lipinski definition) is 3. The molecule has 1 atom stereocenters. The smallest absolute Gasteiger partial charge is 0.264 e. The molecule has 1 fully saturated rings. The van der Waals surface area contributed by atoms with E-state index in [2.05, 4.69) is 26.7 Å². The van der Waals surface area contributed by atoms with E-state index in [0.29, 0.717) is 55.0 Å². The van der Waals surface area contributed by atoms with Gasteiger partial charge in [0, 0.05) is 50.3 Å². The van der Waals surface area contributed by atoms with Crippen LogP contribution >= 0.6 is 0 Å². The second-order valence-electron chi connectivity index (χ2n) is 11.7. The molecular weight excluding hydrogens is 589 g/mol. The summed E-state index contributed by atoms with van der Waals surface area (Å²) in [5.41, 5.74) is 6.52.